The van der Waals surface area contributed by atoms with Crippen molar-refractivity contribution in [3.05, 3.63) is 57.6 Å². The molecule has 2 heterocycles. The molecular formula is C12H6CrS2. The molecule has 0 aliphatic heterocycles. The van der Waals surface area contributed by atoms with E-state index >= 15 is 0 Å². The van der Waals surface area contributed by atoms with Crippen LogP contribution in [0.3, 0.4) is 0 Å². The summed E-state index contributed by atoms with van der Waals surface area (Å²) in [6, 6.07) is 3.72. The Morgan fingerprint density at radius 2 is 1.27 bits per heavy atom. The predicted molar refractivity (Wildman–Crippen MR) is 61.1 cm³/mol. The molecule has 0 saturated heterocycles. The van der Waals surface area contributed by atoms with Crippen LogP contribution in [0.1, 0.15) is 11.1 Å². The Labute approximate surface area is 109 Å². The maximum atomic E-state index is 6.62. The smallest absolute Gasteiger partial charge is 0.366 e. The molecule has 0 nitrogen and oxygen atoms in total. The fourth-order valence-electron chi connectivity index (χ4n) is 0.671. The second kappa shape index (κ2) is 8.37. The molecule has 3 heteroatoms. The molecule has 0 saturated carbocycles. The molecule has 2 aromatic rings. The fourth-order valence-corrected chi connectivity index (χ4v) is 1.85. The number of thiophene rings is 2. The Hall–Kier alpha value is -0.948. The first-order chi connectivity index (χ1) is 6.86. The first-order valence-electron chi connectivity index (χ1n) is 3.76. The molecule has 0 N–H and O–H groups in total. The molecule has 2 rings (SSSR count). The minimum Gasteiger partial charge on any atom is -0.366 e. The summed E-state index contributed by atoms with van der Waals surface area (Å²) >= 11 is 3.16. The van der Waals surface area contributed by atoms with Gasteiger partial charge in [-0.2, -0.15) is 22.7 Å². The first kappa shape index (κ1) is 14.1. The van der Waals surface area contributed by atoms with E-state index in [2.05, 4.69) is 11.8 Å². The quantitative estimate of drug-likeness (QED) is 0.506. The zero-order chi connectivity index (χ0) is 10.2. The van der Waals surface area contributed by atoms with E-state index in [0.29, 0.717) is 0 Å². The predicted octanol–water partition coefficient (Wildman–Crippen LogP) is 3.37. The van der Waals surface area contributed by atoms with Crippen molar-refractivity contribution >= 4 is 22.7 Å². The summed E-state index contributed by atoms with van der Waals surface area (Å²) in [6.45, 7) is 0. The molecule has 0 aromatic carbocycles. The van der Waals surface area contributed by atoms with Gasteiger partial charge >= 0.3 is 17.4 Å². The molecule has 0 aliphatic rings. The molecule has 0 atom stereocenters. The third-order valence-corrected chi connectivity index (χ3v) is 2.70. The topological polar surface area (TPSA) is 0 Å². The van der Waals surface area contributed by atoms with Gasteiger partial charge < -0.3 is 12.8 Å². The van der Waals surface area contributed by atoms with Crippen molar-refractivity contribution in [1.82, 2.24) is 0 Å². The number of hydrogen-bond acceptors (Lipinski definition) is 2. The third-order valence-electron chi connectivity index (χ3n) is 1.33. The van der Waals surface area contributed by atoms with Crippen LogP contribution >= 0.6 is 22.7 Å². The van der Waals surface area contributed by atoms with E-state index in [9.17, 15) is 0 Å². The molecule has 0 unspecified atom stereocenters. The SMILES string of the molecule is [C-]#Cc1ccsc1.[C-]#Cc1ccsc1.[Cr+2]. The van der Waals surface area contributed by atoms with Crippen molar-refractivity contribution in [3.8, 4) is 11.8 Å². The van der Waals surface area contributed by atoms with Crippen molar-refractivity contribution < 1.29 is 17.4 Å². The summed E-state index contributed by atoms with van der Waals surface area (Å²) in [5.41, 5.74) is 1.73. The largest absolute Gasteiger partial charge is 2.00 e. The molecular weight excluding hydrogens is 260 g/mol. The second-order valence-electron chi connectivity index (χ2n) is 2.27. The van der Waals surface area contributed by atoms with Crippen LogP contribution in [0.25, 0.3) is 0 Å². The van der Waals surface area contributed by atoms with Crippen LogP contribution in [-0.4, -0.2) is 0 Å². The van der Waals surface area contributed by atoms with Crippen molar-refractivity contribution in [1.29, 1.82) is 0 Å². The molecule has 0 amide bonds. The average molecular weight is 266 g/mol. The van der Waals surface area contributed by atoms with Gasteiger partial charge in [0.15, 0.2) is 0 Å². The number of hydrogen-bond donors (Lipinski definition) is 0. The van der Waals surface area contributed by atoms with Crippen molar-refractivity contribution in [2.45, 2.75) is 0 Å². The molecule has 0 spiro atoms. The van der Waals surface area contributed by atoms with Gasteiger partial charge in [-0.3, -0.25) is 11.8 Å². The van der Waals surface area contributed by atoms with Crippen molar-refractivity contribution in [2.75, 3.05) is 0 Å². The maximum absolute atomic E-state index is 6.62. The van der Waals surface area contributed by atoms with Crippen LogP contribution in [0, 0.1) is 24.7 Å². The Bertz CT molecular complexity index is 383. The summed E-state index contributed by atoms with van der Waals surface area (Å²) < 4.78 is 0. The van der Waals surface area contributed by atoms with E-state index in [1.165, 1.54) is 0 Å². The minimum atomic E-state index is 0. The molecule has 0 bridgehead atoms. The van der Waals surface area contributed by atoms with Crippen LogP contribution in [0.5, 0.6) is 0 Å². The number of rotatable bonds is 0. The monoisotopic (exact) mass is 266 g/mol. The Balaban J connectivity index is 0.000000245. The summed E-state index contributed by atoms with van der Waals surface area (Å²) in [6.07, 6.45) is 13.2. The van der Waals surface area contributed by atoms with Crippen LogP contribution in [0.2, 0.25) is 0 Å². The standard InChI is InChI=1S/2C6H3S.Cr/c2*1-2-6-3-4-7-5-6;/h2*3-5H;/q2*-1;+2. The van der Waals surface area contributed by atoms with Crippen LogP contribution in [0.4, 0.5) is 0 Å². The third kappa shape index (κ3) is 5.48. The Kier molecular flexibility index (Phi) is 7.84. The van der Waals surface area contributed by atoms with E-state index in [0.717, 1.165) is 11.1 Å². The van der Waals surface area contributed by atoms with Gasteiger partial charge in [-0.1, -0.05) is 10.8 Å². The average Bonchev–Trinajstić information content (AvgIpc) is 2.92. The summed E-state index contributed by atoms with van der Waals surface area (Å²) in [5.74, 6) is 4.53. The van der Waals surface area contributed by atoms with Gasteiger partial charge in [-0.15, -0.1) is 23.3 Å². The molecule has 72 valence electrons. The van der Waals surface area contributed by atoms with Gasteiger partial charge in [0, 0.05) is 0 Å². The summed E-state index contributed by atoms with van der Waals surface area (Å²) in [5, 5.41) is 7.62. The van der Waals surface area contributed by atoms with Gasteiger partial charge in [0.2, 0.25) is 0 Å². The van der Waals surface area contributed by atoms with E-state index < -0.39 is 0 Å². The molecule has 0 aliphatic carbocycles. The maximum Gasteiger partial charge on any atom is 2.00 e. The van der Waals surface area contributed by atoms with Gasteiger partial charge in [0.25, 0.3) is 0 Å². The summed E-state index contributed by atoms with van der Waals surface area (Å²) in [7, 11) is 0. The van der Waals surface area contributed by atoms with Gasteiger partial charge in [-0.05, 0) is 10.8 Å². The molecule has 2 aromatic heterocycles. The van der Waals surface area contributed by atoms with Gasteiger partial charge in [0.1, 0.15) is 0 Å². The van der Waals surface area contributed by atoms with Crippen molar-refractivity contribution in [2.24, 2.45) is 0 Å². The first-order valence-corrected chi connectivity index (χ1v) is 5.65. The van der Waals surface area contributed by atoms with E-state index in [1.807, 2.05) is 33.7 Å². The Morgan fingerprint density at radius 1 is 0.867 bits per heavy atom. The molecule has 0 radical (unpaired) electrons. The molecule has 15 heavy (non-hydrogen) atoms. The van der Waals surface area contributed by atoms with Crippen molar-refractivity contribution in [3.63, 3.8) is 0 Å². The zero-order valence-corrected chi connectivity index (χ0v) is 10.6. The van der Waals surface area contributed by atoms with E-state index in [-0.39, 0.29) is 17.4 Å². The summed E-state index contributed by atoms with van der Waals surface area (Å²) in [4.78, 5) is 0. The molecule has 0 fully saturated rings. The van der Waals surface area contributed by atoms with E-state index in [1.54, 1.807) is 22.7 Å². The second-order valence-corrected chi connectivity index (χ2v) is 3.83. The fraction of sp³-hybridized carbons (Fsp3) is 0. The van der Waals surface area contributed by atoms with Crippen LogP contribution in [0.15, 0.2) is 33.7 Å². The van der Waals surface area contributed by atoms with Gasteiger partial charge in [0.05, 0.1) is 0 Å². The van der Waals surface area contributed by atoms with Crippen LogP contribution in [-0.2, 0) is 17.4 Å². The minimum absolute atomic E-state index is 0. The zero-order valence-electron chi connectivity index (χ0n) is 7.69. The Morgan fingerprint density at radius 3 is 1.40 bits per heavy atom. The van der Waals surface area contributed by atoms with Gasteiger partial charge in [-0.25, -0.2) is 0 Å². The normalized spacial score (nSPS) is 7.33. The van der Waals surface area contributed by atoms with E-state index in [4.69, 9.17) is 12.8 Å². The van der Waals surface area contributed by atoms with Crippen LogP contribution < -0.4 is 0 Å².